The lowest BCUT2D eigenvalue weighted by atomic mass is 10.0. The standard InChI is InChI=1S/C12H13N3O2.H3NO/c16-9-7-8(13-1-2-13)12(17)11(15-5-6-15)10(9)14-3-4-14;1-2/h7H,1-6H2;2H,1H2. The first kappa shape index (κ1) is 12.2. The molecule has 4 rings (SSSR count). The minimum atomic E-state index is 0.00546. The summed E-state index contributed by atoms with van der Waals surface area (Å²) in [5.41, 5.74) is 1.89. The second kappa shape index (κ2) is 4.36. The van der Waals surface area contributed by atoms with E-state index < -0.39 is 0 Å². The van der Waals surface area contributed by atoms with Crippen molar-refractivity contribution in [1.29, 1.82) is 0 Å². The molecule has 0 saturated carbocycles. The number of rotatable bonds is 3. The lowest BCUT2D eigenvalue weighted by molar-refractivity contribution is -0.117. The number of ketones is 2. The van der Waals surface area contributed by atoms with Gasteiger partial charge in [0.25, 0.3) is 0 Å². The lowest BCUT2D eigenvalue weighted by Crippen LogP contribution is -2.29. The number of carbonyl (C=O) groups is 2. The van der Waals surface area contributed by atoms with Crippen LogP contribution in [-0.4, -0.2) is 70.7 Å². The molecule has 7 nitrogen and oxygen atoms in total. The van der Waals surface area contributed by atoms with Crippen LogP contribution < -0.4 is 5.90 Å². The molecule has 3 N–H and O–H groups in total. The predicted molar refractivity (Wildman–Crippen MR) is 65.8 cm³/mol. The molecule has 0 aromatic heterocycles. The van der Waals surface area contributed by atoms with E-state index in [-0.39, 0.29) is 11.6 Å². The van der Waals surface area contributed by atoms with Crippen LogP contribution in [-0.2, 0) is 9.59 Å². The summed E-state index contributed by atoms with van der Waals surface area (Å²) in [7, 11) is 0. The third-order valence-electron chi connectivity index (χ3n) is 3.49. The summed E-state index contributed by atoms with van der Waals surface area (Å²) in [4.78, 5) is 30.5. The molecule has 0 unspecified atom stereocenters. The first-order valence-corrected chi connectivity index (χ1v) is 6.31. The summed E-state index contributed by atoms with van der Waals surface area (Å²) < 4.78 is 0. The topological polar surface area (TPSA) is 89.4 Å². The van der Waals surface area contributed by atoms with Crippen LogP contribution in [0.25, 0.3) is 0 Å². The molecule has 3 heterocycles. The van der Waals surface area contributed by atoms with Gasteiger partial charge in [0.05, 0.1) is 5.70 Å². The van der Waals surface area contributed by atoms with Crippen molar-refractivity contribution in [3.63, 3.8) is 0 Å². The molecule has 3 fully saturated rings. The second-order valence-corrected chi connectivity index (χ2v) is 4.88. The van der Waals surface area contributed by atoms with Gasteiger partial charge in [-0.15, -0.1) is 0 Å². The number of carbonyl (C=O) groups excluding carboxylic acids is 2. The van der Waals surface area contributed by atoms with E-state index in [0.29, 0.717) is 17.1 Å². The molecule has 4 aliphatic rings. The van der Waals surface area contributed by atoms with E-state index in [1.54, 1.807) is 0 Å². The Hall–Kier alpha value is -1.86. The third-order valence-corrected chi connectivity index (χ3v) is 3.49. The smallest absolute Gasteiger partial charge is 0.227 e. The molecule has 0 bridgehead atoms. The summed E-state index contributed by atoms with van der Waals surface area (Å²) in [6.07, 6.45) is 1.52. The maximum Gasteiger partial charge on any atom is 0.227 e. The first-order valence-electron chi connectivity index (χ1n) is 6.31. The van der Waals surface area contributed by atoms with Gasteiger partial charge in [0.1, 0.15) is 11.4 Å². The van der Waals surface area contributed by atoms with Gasteiger partial charge in [-0.2, -0.15) is 0 Å². The van der Waals surface area contributed by atoms with Crippen LogP contribution in [0.1, 0.15) is 0 Å². The highest BCUT2D eigenvalue weighted by molar-refractivity contribution is 6.22. The Balaban J connectivity index is 0.000000528. The molecule has 102 valence electrons. The highest BCUT2D eigenvalue weighted by Gasteiger charge is 2.43. The van der Waals surface area contributed by atoms with Gasteiger partial charge in [0.15, 0.2) is 0 Å². The van der Waals surface area contributed by atoms with Gasteiger partial charge in [0.2, 0.25) is 11.6 Å². The van der Waals surface area contributed by atoms with E-state index in [1.165, 1.54) is 6.08 Å². The zero-order valence-corrected chi connectivity index (χ0v) is 10.5. The van der Waals surface area contributed by atoms with Crippen molar-refractivity contribution >= 4 is 11.6 Å². The summed E-state index contributed by atoms with van der Waals surface area (Å²) >= 11 is 0. The summed E-state index contributed by atoms with van der Waals surface area (Å²) in [5.74, 6) is 3.55. The van der Waals surface area contributed by atoms with E-state index in [9.17, 15) is 9.59 Å². The van der Waals surface area contributed by atoms with Gasteiger partial charge < -0.3 is 19.9 Å². The van der Waals surface area contributed by atoms with E-state index >= 15 is 0 Å². The Labute approximate surface area is 110 Å². The Bertz CT molecular complexity index is 499. The van der Waals surface area contributed by atoms with Crippen LogP contribution in [0.4, 0.5) is 0 Å². The Morgan fingerprint density at radius 3 is 1.79 bits per heavy atom. The molecule has 0 spiro atoms. The highest BCUT2D eigenvalue weighted by Crippen LogP contribution is 2.33. The molecular formula is C12H16N4O3. The van der Waals surface area contributed by atoms with E-state index in [0.717, 1.165) is 39.3 Å². The molecule has 0 aromatic rings. The van der Waals surface area contributed by atoms with Crippen LogP contribution >= 0.6 is 0 Å². The van der Waals surface area contributed by atoms with E-state index in [4.69, 9.17) is 5.21 Å². The Kier molecular flexibility index (Phi) is 2.79. The third kappa shape index (κ3) is 2.11. The van der Waals surface area contributed by atoms with Crippen molar-refractivity contribution in [3.05, 3.63) is 23.2 Å². The highest BCUT2D eigenvalue weighted by atomic mass is 16.4. The molecule has 7 heteroatoms. The van der Waals surface area contributed by atoms with E-state index in [2.05, 4.69) is 5.90 Å². The monoisotopic (exact) mass is 264 g/mol. The fourth-order valence-corrected chi connectivity index (χ4v) is 2.28. The molecule has 0 aromatic carbocycles. The maximum absolute atomic E-state index is 12.4. The van der Waals surface area contributed by atoms with Gasteiger partial charge in [-0.3, -0.25) is 9.59 Å². The van der Waals surface area contributed by atoms with E-state index in [1.807, 2.05) is 14.7 Å². The minimum absolute atomic E-state index is 0.00546. The predicted octanol–water partition coefficient (Wildman–Crippen LogP) is -1.49. The van der Waals surface area contributed by atoms with Gasteiger partial charge in [-0.1, -0.05) is 0 Å². The first-order chi connectivity index (χ1) is 9.25. The average molecular weight is 264 g/mol. The fourth-order valence-electron chi connectivity index (χ4n) is 2.28. The summed E-state index contributed by atoms with van der Waals surface area (Å²) in [5, 5.41) is 6.50. The number of nitrogens with two attached hydrogens (primary N) is 1. The zero-order chi connectivity index (χ0) is 13.6. The largest absolute Gasteiger partial charge is 0.365 e. The molecule has 19 heavy (non-hydrogen) atoms. The van der Waals surface area contributed by atoms with Crippen molar-refractivity contribution in [1.82, 2.24) is 14.7 Å². The second-order valence-electron chi connectivity index (χ2n) is 4.88. The van der Waals surface area contributed by atoms with Gasteiger partial charge in [-0.05, 0) is 0 Å². The van der Waals surface area contributed by atoms with Crippen molar-refractivity contribution in [2.24, 2.45) is 5.90 Å². The van der Waals surface area contributed by atoms with Crippen molar-refractivity contribution in [2.75, 3.05) is 39.3 Å². The quantitative estimate of drug-likeness (QED) is 0.365. The van der Waals surface area contributed by atoms with Gasteiger partial charge in [0, 0.05) is 45.3 Å². The molecule has 1 aliphatic carbocycles. The van der Waals surface area contributed by atoms with Crippen molar-refractivity contribution in [3.8, 4) is 0 Å². The van der Waals surface area contributed by atoms with Gasteiger partial charge >= 0.3 is 0 Å². The minimum Gasteiger partial charge on any atom is -0.365 e. The summed E-state index contributed by atoms with van der Waals surface area (Å²) in [6.45, 7) is 5.41. The summed E-state index contributed by atoms with van der Waals surface area (Å²) in [6, 6.07) is 0. The molecule has 0 amide bonds. The van der Waals surface area contributed by atoms with Crippen molar-refractivity contribution in [2.45, 2.75) is 0 Å². The average Bonchev–Trinajstić information content (AvgIpc) is 3.30. The SMILES string of the molecule is NO.O=C1C=C(N2CC2)C(=O)C(N2CC2)=C1N1CC1. The molecule has 0 radical (unpaired) electrons. The maximum atomic E-state index is 12.4. The number of Topliss-reactive ketones (excluding diaryl/α,β-unsaturated/α-hetero) is 1. The Morgan fingerprint density at radius 2 is 1.32 bits per heavy atom. The van der Waals surface area contributed by atoms with Gasteiger partial charge in [-0.25, -0.2) is 5.90 Å². The van der Waals surface area contributed by atoms with Crippen LogP contribution in [0.2, 0.25) is 0 Å². The Morgan fingerprint density at radius 1 is 0.842 bits per heavy atom. The van der Waals surface area contributed by atoms with Crippen LogP contribution in [0.5, 0.6) is 0 Å². The number of hydrogen-bond donors (Lipinski definition) is 2. The zero-order valence-electron chi connectivity index (χ0n) is 10.5. The number of allylic oxidation sites excluding steroid dienone is 1. The molecule has 0 atom stereocenters. The molecule has 3 aliphatic heterocycles. The van der Waals surface area contributed by atoms with Crippen LogP contribution in [0.15, 0.2) is 23.2 Å². The van der Waals surface area contributed by atoms with Crippen molar-refractivity contribution < 1.29 is 14.8 Å². The normalized spacial score (nSPS) is 24.1. The molecule has 3 saturated heterocycles. The van der Waals surface area contributed by atoms with Crippen LogP contribution in [0.3, 0.4) is 0 Å². The number of nitrogens with zero attached hydrogens (tertiary/aromatic N) is 3. The van der Waals surface area contributed by atoms with Crippen LogP contribution in [0, 0.1) is 0 Å². The fraction of sp³-hybridized carbons (Fsp3) is 0.500. The lowest BCUT2D eigenvalue weighted by Gasteiger charge is -2.21. The number of hydrogen-bond acceptors (Lipinski definition) is 7. The molecular weight excluding hydrogens is 248 g/mol.